The fourth-order valence-corrected chi connectivity index (χ4v) is 3.54. The predicted octanol–water partition coefficient (Wildman–Crippen LogP) is 2.15. The molecule has 0 saturated carbocycles. The first kappa shape index (κ1) is 14.4. The fourth-order valence-electron chi connectivity index (χ4n) is 3.54. The first-order chi connectivity index (χ1) is 11.3. The smallest absolute Gasteiger partial charge is 0.137 e. The SMILES string of the molecule is Cc1cccc2nc(CN3CCCC(Cn4cncn4)C3)cn12. The van der Waals surface area contributed by atoms with E-state index >= 15 is 0 Å². The van der Waals surface area contributed by atoms with Crippen molar-refractivity contribution >= 4 is 5.65 Å². The van der Waals surface area contributed by atoms with Gasteiger partial charge in [-0.25, -0.2) is 9.97 Å². The van der Waals surface area contributed by atoms with Gasteiger partial charge in [-0.05, 0) is 44.4 Å². The Morgan fingerprint density at radius 1 is 1.30 bits per heavy atom. The molecule has 1 atom stereocenters. The van der Waals surface area contributed by atoms with Crippen LogP contribution in [0.5, 0.6) is 0 Å². The Balaban J connectivity index is 1.44. The standard InChI is InChI=1S/C17H22N6/c1-14-4-2-6-17-20-16(11-23(14)17)10-21-7-3-5-15(8-21)9-22-13-18-12-19-22/h2,4,6,11-13,15H,3,5,7-10H2,1H3. The monoisotopic (exact) mass is 310 g/mol. The summed E-state index contributed by atoms with van der Waals surface area (Å²) < 4.78 is 4.12. The van der Waals surface area contributed by atoms with Gasteiger partial charge in [0.25, 0.3) is 0 Å². The van der Waals surface area contributed by atoms with Gasteiger partial charge in [0.05, 0.1) is 5.69 Å². The lowest BCUT2D eigenvalue weighted by molar-refractivity contribution is 0.152. The molecule has 0 bridgehead atoms. The number of fused-ring (bicyclic) bond motifs is 1. The highest BCUT2D eigenvalue weighted by atomic mass is 15.3. The first-order valence-corrected chi connectivity index (χ1v) is 8.26. The topological polar surface area (TPSA) is 51.2 Å². The van der Waals surface area contributed by atoms with Crippen LogP contribution in [0.25, 0.3) is 5.65 Å². The third-order valence-corrected chi connectivity index (χ3v) is 4.65. The number of nitrogens with zero attached hydrogens (tertiary/aromatic N) is 6. The molecule has 3 aromatic heterocycles. The van der Waals surface area contributed by atoms with E-state index in [-0.39, 0.29) is 0 Å². The van der Waals surface area contributed by atoms with Gasteiger partial charge in [0.1, 0.15) is 18.3 Å². The summed E-state index contributed by atoms with van der Waals surface area (Å²) in [6, 6.07) is 6.25. The second kappa shape index (κ2) is 6.12. The van der Waals surface area contributed by atoms with Crippen LogP contribution in [0.15, 0.2) is 37.1 Å². The van der Waals surface area contributed by atoms with Crippen molar-refractivity contribution in [2.75, 3.05) is 13.1 Å². The zero-order valence-electron chi connectivity index (χ0n) is 13.5. The molecular formula is C17H22N6. The molecule has 0 aromatic carbocycles. The molecule has 6 heteroatoms. The quantitative estimate of drug-likeness (QED) is 0.741. The lowest BCUT2D eigenvalue weighted by Crippen LogP contribution is -2.36. The van der Waals surface area contributed by atoms with Crippen LogP contribution in [0.1, 0.15) is 24.2 Å². The summed E-state index contributed by atoms with van der Waals surface area (Å²) in [7, 11) is 0. The lowest BCUT2D eigenvalue weighted by atomic mass is 9.98. The van der Waals surface area contributed by atoms with Crippen LogP contribution in [-0.2, 0) is 13.1 Å². The van der Waals surface area contributed by atoms with E-state index in [1.165, 1.54) is 18.5 Å². The van der Waals surface area contributed by atoms with E-state index in [2.05, 4.69) is 50.7 Å². The van der Waals surface area contributed by atoms with E-state index in [0.29, 0.717) is 5.92 Å². The van der Waals surface area contributed by atoms with Crippen LogP contribution in [0.3, 0.4) is 0 Å². The highest BCUT2D eigenvalue weighted by Gasteiger charge is 2.21. The Labute approximate surface area is 135 Å². The van der Waals surface area contributed by atoms with Gasteiger partial charge in [0.15, 0.2) is 0 Å². The molecule has 1 saturated heterocycles. The Bertz CT molecular complexity index is 776. The maximum absolute atomic E-state index is 4.76. The molecule has 4 rings (SSSR count). The number of hydrogen-bond donors (Lipinski definition) is 0. The van der Waals surface area contributed by atoms with Gasteiger partial charge >= 0.3 is 0 Å². The van der Waals surface area contributed by atoms with Crippen molar-refractivity contribution in [3.8, 4) is 0 Å². The summed E-state index contributed by atoms with van der Waals surface area (Å²) in [5, 5.41) is 4.23. The lowest BCUT2D eigenvalue weighted by Gasteiger charge is -2.32. The second-order valence-electron chi connectivity index (χ2n) is 6.49. The van der Waals surface area contributed by atoms with Crippen LogP contribution in [0.2, 0.25) is 0 Å². The Morgan fingerprint density at radius 2 is 2.26 bits per heavy atom. The molecular weight excluding hydrogens is 288 g/mol. The molecule has 0 radical (unpaired) electrons. The van der Waals surface area contributed by atoms with Crippen molar-refractivity contribution in [3.05, 3.63) is 48.4 Å². The largest absolute Gasteiger partial charge is 0.304 e. The number of rotatable bonds is 4. The number of pyridine rings is 1. The minimum atomic E-state index is 0.643. The molecule has 3 aromatic rings. The van der Waals surface area contributed by atoms with Crippen LogP contribution in [0, 0.1) is 12.8 Å². The van der Waals surface area contributed by atoms with Crippen molar-refractivity contribution < 1.29 is 0 Å². The van der Waals surface area contributed by atoms with E-state index in [0.717, 1.165) is 37.5 Å². The van der Waals surface area contributed by atoms with Crippen molar-refractivity contribution in [1.82, 2.24) is 29.0 Å². The molecule has 0 amide bonds. The van der Waals surface area contributed by atoms with Crippen LogP contribution < -0.4 is 0 Å². The summed E-state index contributed by atoms with van der Waals surface area (Å²) in [4.78, 5) is 11.3. The molecule has 0 aliphatic carbocycles. The van der Waals surface area contributed by atoms with Crippen molar-refractivity contribution in [1.29, 1.82) is 0 Å². The molecule has 4 heterocycles. The maximum atomic E-state index is 4.76. The Hall–Kier alpha value is -2.21. The summed E-state index contributed by atoms with van der Waals surface area (Å²) >= 11 is 0. The van der Waals surface area contributed by atoms with Crippen LogP contribution in [-0.4, -0.2) is 42.1 Å². The number of likely N-dealkylation sites (tertiary alicyclic amines) is 1. The molecule has 1 fully saturated rings. The zero-order valence-corrected chi connectivity index (χ0v) is 13.5. The molecule has 23 heavy (non-hydrogen) atoms. The molecule has 0 N–H and O–H groups in total. The fraction of sp³-hybridized carbons (Fsp3) is 0.471. The predicted molar refractivity (Wildman–Crippen MR) is 88.0 cm³/mol. The van der Waals surface area contributed by atoms with Gasteiger partial charge in [-0.15, -0.1) is 0 Å². The van der Waals surface area contributed by atoms with Crippen molar-refractivity contribution in [3.63, 3.8) is 0 Å². The van der Waals surface area contributed by atoms with Crippen molar-refractivity contribution in [2.45, 2.75) is 32.9 Å². The molecule has 1 aliphatic heterocycles. The summed E-state index contributed by atoms with van der Waals surface area (Å²) in [5.41, 5.74) is 3.42. The molecule has 1 aliphatic rings. The van der Waals surface area contributed by atoms with Gasteiger partial charge in [0, 0.05) is 31.5 Å². The number of imidazole rings is 1. The average Bonchev–Trinajstić information content (AvgIpc) is 3.18. The highest BCUT2D eigenvalue weighted by molar-refractivity contribution is 5.41. The van der Waals surface area contributed by atoms with E-state index in [9.17, 15) is 0 Å². The van der Waals surface area contributed by atoms with Gasteiger partial charge < -0.3 is 4.40 Å². The average molecular weight is 310 g/mol. The summed E-state index contributed by atoms with van der Waals surface area (Å²) in [6.07, 6.45) is 8.10. The van der Waals surface area contributed by atoms with Crippen molar-refractivity contribution in [2.24, 2.45) is 5.92 Å². The van der Waals surface area contributed by atoms with E-state index in [1.807, 2.05) is 11.0 Å². The van der Waals surface area contributed by atoms with Gasteiger partial charge in [-0.1, -0.05) is 6.07 Å². The van der Waals surface area contributed by atoms with Crippen LogP contribution in [0.4, 0.5) is 0 Å². The number of aryl methyl sites for hydroxylation is 1. The third kappa shape index (κ3) is 3.12. The van der Waals surface area contributed by atoms with E-state index in [1.54, 1.807) is 6.33 Å². The molecule has 6 nitrogen and oxygen atoms in total. The summed E-state index contributed by atoms with van der Waals surface area (Å²) in [5.74, 6) is 0.643. The number of hydrogen-bond acceptors (Lipinski definition) is 4. The normalized spacial score (nSPS) is 19.4. The maximum Gasteiger partial charge on any atom is 0.137 e. The minimum Gasteiger partial charge on any atom is -0.304 e. The first-order valence-electron chi connectivity index (χ1n) is 8.26. The van der Waals surface area contributed by atoms with Gasteiger partial charge in [0.2, 0.25) is 0 Å². The van der Waals surface area contributed by atoms with E-state index in [4.69, 9.17) is 4.98 Å². The van der Waals surface area contributed by atoms with Gasteiger partial charge in [-0.3, -0.25) is 9.58 Å². The second-order valence-corrected chi connectivity index (χ2v) is 6.49. The van der Waals surface area contributed by atoms with Crippen LogP contribution >= 0.6 is 0 Å². The number of aromatic nitrogens is 5. The third-order valence-electron chi connectivity index (χ3n) is 4.65. The molecule has 0 spiro atoms. The summed E-state index contributed by atoms with van der Waals surface area (Å²) in [6.45, 7) is 6.26. The van der Waals surface area contributed by atoms with Gasteiger partial charge in [-0.2, -0.15) is 5.10 Å². The molecule has 120 valence electrons. The Kier molecular flexibility index (Phi) is 3.83. The zero-order chi connectivity index (χ0) is 15.6. The molecule has 1 unspecified atom stereocenters. The Morgan fingerprint density at radius 3 is 3.09 bits per heavy atom. The highest BCUT2D eigenvalue weighted by Crippen LogP contribution is 2.20. The van der Waals surface area contributed by atoms with E-state index < -0.39 is 0 Å². The number of piperidine rings is 1. The minimum absolute atomic E-state index is 0.643.